The summed E-state index contributed by atoms with van der Waals surface area (Å²) in [6.07, 6.45) is 0.650. The molecule has 0 aliphatic heterocycles. The highest BCUT2D eigenvalue weighted by Gasteiger charge is 2.65. The molecule has 1 aromatic rings. The van der Waals surface area contributed by atoms with Crippen molar-refractivity contribution in [2.75, 3.05) is 0 Å². The third kappa shape index (κ3) is 2.70. The van der Waals surface area contributed by atoms with E-state index in [1.807, 2.05) is 13.8 Å². The van der Waals surface area contributed by atoms with Crippen LogP contribution in [0, 0.1) is 12.3 Å². The molecule has 2 heteroatoms. The summed E-state index contributed by atoms with van der Waals surface area (Å²) in [5.74, 6) is -0.928. The van der Waals surface area contributed by atoms with Gasteiger partial charge in [-0.3, -0.25) is 0 Å². The molecule has 1 aliphatic carbocycles. The van der Waals surface area contributed by atoms with E-state index in [0.29, 0.717) is 6.42 Å². The first-order valence-electron chi connectivity index (χ1n) is 8.52. The highest BCUT2D eigenvalue weighted by atomic mass is 16.4. The zero-order valence-corrected chi connectivity index (χ0v) is 16.2. The number of aryl methyl sites for hydroxylation is 1. The standard InChI is InChI=1S/C21H32O2/c1-13-10-14(18(2,3)4)16(15(11-13)19(5,6)7)21(17(22)23)12-20(21,8)9/h10-11H,12H2,1-9H3,(H,22,23)/p-1. The Balaban J connectivity index is 2.94. The van der Waals surface area contributed by atoms with Gasteiger partial charge in [-0.25, -0.2) is 0 Å². The van der Waals surface area contributed by atoms with Crippen LogP contribution in [0.3, 0.4) is 0 Å². The quantitative estimate of drug-likeness (QED) is 0.827. The van der Waals surface area contributed by atoms with Gasteiger partial charge in [-0.05, 0) is 46.3 Å². The van der Waals surface area contributed by atoms with E-state index in [9.17, 15) is 9.90 Å². The van der Waals surface area contributed by atoms with Gasteiger partial charge in [-0.2, -0.15) is 0 Å². The summed E-state index contributed by atoms with van der Waals surface area (Å²) in [6.45, 7) is 19.2. The molecule has 0 bridgehead atoms. The molecular formula is C21H31O2-. The Bertz CT molecular complexity index is 618. The van der Waals surface area contributed by atoms with Gasteiger partial charge in [0.1, 0.15) is 0 Å². The van der Waals surface area contributed by atoms with Crippen LogP contribution >= 0.6 is 0 Å². The van der Waals surface area contributed by atoms with Crippen molar-refractivity contribution in [3.8, 4) is 0 Å². The Hall–Kier alpha value is -1.31. The van der Waals surface area contributed by atoms with Gasteiger partial charge >= 0.3 is 0 Å². The van der Waals surface area contributed by atoms with Crippen molar-refractivity contribution < 1.29 is 9.90 Å². The number of carboxylic acids is 1. The minimum absolute atomic E-state index is 0.109. The number of hydrogen-bond acceptors (Lipinski definition) is 2. The first-order chi connectivity index (χ1) is 10.1. The maximum atomic E-state index is 12.2. The lowest BCUT2D eigenvalue weighted by Gasteiger charge is -2.37. The maximum Gasteiger partial charge on any atom is 0.0526 e. The first-order valence-corrected chi connectivity index (χ1v) is 8.52. The largest absolute Gasteiger partial charge is 0.549 e. The molecule has 0 aromatic heterocycles. The number of carbonyl (C=O) groups is 1. The molecule has 1 saturated carbocycles. The molecule has 0 spiro atoms. The summed E-state index contributed by atoms with van der Waals surface area (Å²) in [7, 11) is 0. The average Bonchev–Trinajstić information content (AvgIpc) is 2.90. The topological polar surface area (TPSA) is 40.1 Å². The minimum Gasteiger partial charge on any atom is -0.549 e. The molecule has 2 nitrogen and oxygen atoms in total. The second-order valence-electron chi connectivity index (χ2n) is 9.99. The molecule has 0 amide bonds. The number of rotatable bonds is 2. The monoisotopic (exact) mass is 315 g/mol. The number of benzene rings is 1. The van der Waals surface area contributed by atoms with Gasteiger partial charge in [-0.1, -0.05) is 73.1 Å². The van der Waals surface area contributed by atoms with Crippen LogP contribution in [0.2, 0.25) is 0 Å². The van der Waals surface area contributed by atoms with E-state index in [2.05, 4.69) is 60.6 Å². The van der Waals surface area contributed by atoms with Gasteiger partial charge in [0.15, 0.2) is 0 Å². The average molecular weight is 315 g/mol. The summed E-state index contributed by atoms with van der Waals surface area (Å²) in [5, 5.41) is 12.2. The maximum absolute atomic E-state index is 12.2. The molecule has 1 unspecified atom stereocenters. The van der Waals surface area contributed by atoms with E-state index in [4.69, 9.17) is 0 Å². The second kappa shape index (κ2) is 4.84. The highest BCUT2D eigenvalue weighted by Crippen LogP contribution is 2.66. The van der Waals surface area contributed by atoms with Crippen molar-refractivity contribution in [2.45, 2.75) is 85.0 Å². The molecule has 23 heavy (non-hydrogen) atoms. The van der Waals surface area contributed by atoms with Crippen LogP contribution < -0.4 is 5.11 Å². The second-order valence-corrected chi connectivity index (χ2v) is 9.99. The van der Waals surface area contributed by atoms with E-state index < -0.39 is 11.4 Å². The fourth-order valence-electron chi connectivity index (χ4n) is 3.93. The predicted octanol–water partition coefficient (Wildman–Crippen LogP) is 4.01. The van der Waals surface area contributed by atoms with Crippen molar-refractivity contribution >= 4 is 5.97 Å². The SMILES string of the molecule is Cc1cc(C(C)(C)C)c(C2(C(=O)[O-])CC2(C)C)c(C(C)(C)C)c1. The third-order valence-electron chi connectivity index (χ3n) is 5.41. The van der Waals surface area contributed by atoms with Crippen molar-refractivity contribution in [3.05, 3.63) is 34.4 Å². The highest BCUT2D eigenvalue weighted by molar-refractivity contribution is 5.87. The Morgan fingerprint density at radius 3 is 1.57 bits per heavy atom. The summed E-state index contributed by atoms with van der Waals surface area (Å²) in [5.41, 5.74) is 3.15. The van der Waals surface area contributed by atoms with Crippen molar-refractivity contribution in [3.63, 3.8) is 0 Å². The van der Waals surface area contributed by atoms with E-state index >= 15 is 0 Å². The number of carboxylic acid groups (broad SMARTS) is 1. The fraction of sp³-hybridized carbons (Fsp3) is 0.667. The van der Waals surface area contributed by atoms with E-state index in [-0.39, 0.29) is 16.2 Å². The third-order valence-corrected chi connectivity index (χ3v) is 5.41. The fourth-order valence-corrected chi connectivity index (χ4v) is 3.93. The van der Waals surface area contributed by atoms with Gasteiger partial charge in [-0.15, -0.1) is 0 Å². The van der Waals surface area contributed by atoms with E-state index in [0.717, 1.165) is 16.7 Å². The van der Waals surface area contributed by atoms with Gasteiger partial charge < -0.3 is 9.90 Å². The summed E-state index contributed by atoms with van der Waals surface area (Å²) < 4.78 is 0. The van der Waals surface area contributed by atoms with Gasteiger partial charge in [0.2, 0.25) is 0 Å². The Labute approximate surface area is 141 Å². The summed E-state index contributed by atoms with van der Waals surface area (Å²) in [6, 6.07) is 4.34. The van der Waals surface area contributed by atoms with Crippen LogP contribution in [0.25, 0.3) is 0 Å². The molecule has 128 valence electrons. The number of carbonyl (C=O) groups excluding carboxylic acids is 1. The van der Waals surface area contributed by atoms with Gasteiger partial charge in [0.05, 0.1) is 5.97 Å². The Kier molecular flexibility index (Phi) is 3.80. The van der Waals surface area contributed by atoms with E-state index in [1.54, 1.807) is 0 Å². The van der Waals surface area contributed by atoms with Gasteiger partial charge in [0, 0.05) is 5.41 Å². The molecule has 0 radical (unpaired) electrons. The summed E-state index contributed by atoms with van der Waals surface area (Å²) in [4.78, 5) is 12.2. The van der Waals surface area contributed by atoms with Crippen molar-refractivity contribution in [1.29, 1.82) is 0 Å². The van der Waals surface area contributed by atoms with Crippen LogP contribution in [-0.2, 0) is 21.0 Å². The minimum atomic E-state index is -0.928. The Morgan fingerprint density at radius 2 is 1.35 bits per heavy atom. The normalized spacial score (nSPS) is 23.7. The van der Waals surface area contributed by atoms with E-state index in [1.165, 1.54) is 5.56 Å². The summed E-state index contributed by atoms with van der Waals surface area (Å²) >= 11 is 0. The van der Waals surface area contributed by atoms with Crippen LogP contribution in [-0.4, -0.2) is 5.97 Å². The molecule has 2 rings (SSSR count). The number of hydrogen-bond donors (Lipinski definition) is 0. The van der Waals surface area contributed by atoms with Crippen molar-refractivity contribution in [2.24, 2.45) is 5.41 Å². The predicted molar refractivity (Wildman–Crippen MR) is 93.7 cm³/mol. The molecule has 0 saturated heterocycles. The van der Waals surface area contributed by atoms with Crippen molar-refractivity contribution in [1.82, 2.24) is 0 Å². The molecule has 0 heterocycles. The molecule has 1 aromatic carbocycles. The lowest BCUT2D eigenvalue weighted by Crippen LogP contribution is -2.42. The molecule has 1 atom stereocenters. The van der Waals surface area contributed by atoms with Crippen LogP contribution in [0.4, 0.5) is 0 Å². The lowest BCUT2D eigenvalue weighted by atomic mass is 9.69. The molecule has 0 N–H and O–H groups in total. The number of aliphatic carboxylic acids is 1. The Morgan fingerprint density at radius 1 is 1.00 bits per heavy atom. The van der Waals surface area contributed by atoms with Crippen LogP contribution in [0.5, 0.6) is 0 Å². The van der Waals surface area contributed by atoms with Crippen LogP contribution in [0.15, 0.2) is 12.1 Å². The molecule has 1 fully saturated rings. The lowest BCUT2D eigenvalue weighted by molar-refractivity contribution is -0.310. The zero-order valence-electron chi connectivity index (χ0n) is 16.2. The van der Waals surface area contributed by atoms with Crippen LogP contribution in [0.1, 0.15) is 84.1 Å². The molecular weight excluding hydrogens is 284 g/mol. The zero-order chi connectivity index (χ0) is 18.0. The molecule has 1 aliphatic rings. The smallest absolute Gasteiger partial charge is 0.0526 e. The first kappa shape index (κ1) is 18.0. The van der Waals surface area contributed by atoms with Gasteiger partial charge in [0.25, 0.3) is 0 Å².